The molecular formula is C15H23N3O. The molecule has 0 aromatic heterocycles. The first-order chi connectivity index (χ1) is 8.99. The second-order valence-electron chi connectivity index (χ2n) is 5.10. The second kappa shape index (κ2) is 7.69. The molecule has 1 N–H and O–H groups in total. The van der Waals surface area contributed by atoms with E-state index in [1.165, 1.54) is 5.56 Å². The quantitative estimate of drug-likeness (QED) is 0.631. The van der Waals surface area contributed by atoms with E-state index < -0.39 is 0 Å². The first-order valence-electron chi connectivity index (χ1n) is 6.54. The maximum atomic E-state index is 11.7. The van der Waals surface area contributed by atoms with Crippen molar-refractivity contribution in [3.8, 4) is 0 Å². The van der Waals surface area contributed by atoms with E-state index in [1.807, 2.05) is 38.1 Å². The largest absolute Gasteiger partial charge is 0.309 e. The molecule has 1 amide bonds. The number of amides is 1. The molecule has 1 aromatic carbocycles. The van der Waals surface area contributed by atoms with E-state index in [-0.39, 0.29) is 5.91 Å². The molecule has 0 saturated heterocycles. The van der Waals surface area contributed by atoms with Gasteiger partial charge in [0.25, 0.3) is 5.91 Å². The van der Waals surface area contributed by atoms with Crippen LogP contribution in [0.1, 0.15) is 36.2 Å². The summed E-state index contributed by atoms with van der Waals surface area (Å²) in [5, 5.41) is 3.90. The van der Waals surface area contributed by atoms with E-state index in [2.05, 4.69) is 29.5 Å². The summed E-state index contributed by atoms with van der Waals surface area (Å²) in [5.41, 5.74) is 5.24. The van der Waals surface area contributed by atoms with Crippen LogP contribution < -0.4 is 5.43 Å². The molecule has 0 aliphatic carbocycles. The minimum atomic E-state index is -0.166. The van der Waals surface area contributed by atoms with Gasteiger partial charge in [0, 0.05) is 11.3 Å². The Morgan fingerprint density at radius 2 is 1.84 bits per heavy atom. The predicted octanol–water partition coefficient (Wildman–Crippen LogP) is 2.31. The Bertz CT molecular complexity index is 431. The predicted molar refractivity (Wildman–Crippen MR) is 79.6 cm³/mol. The molecule has 0 heterocycles. The highest BCUT2D eigenvalue weighted by Gasteiger charge is 2.04. The van der Waals surface area contributed by atoms with Gasteiger partial charge in [-0.2, -0.15) is 5.10 Å². The average molecular weight is 261 g/mol. The highest BCUT2D eigenvalue weighted by atomic mass is 16.2. The van der Waals surface area contributed by atoms with Gasteiger partial charge in [-0.25, -0.2) is 5.43 Å². The lowest BCUT2D eigenvalue weighted by Gasteiger charge is -2.09. The molecule has 19 heavy (non-hydrogen) atoms. The van der Waals surface area contributed by atoms with Crippen LogP contribution in [0.4, 0.5) is 0 Å². The average Bonchev–Trinajstić information content (AvgIpc) is 2.36. The highest BCUT2D eigenvalue weighted by molar-refractivity contribution is 5.95. The molecule has 104 valence electrons. The summed E-state index contributed by atoms with van der Waals surface area (Å²) in [6.07, 6.45) is 2.16. The van der Waals surface area contributed by atoms with Crippen LogP contribution in [0, 0.1) is 0 Å². The molecule has 0 radical (unpaired) electrons. The molecule has 0 aliphatic rings. The van der Waals surface area contributed by atoms with Crippen LogP contribution in [0.2, 0.25) is 0 Å². The van der Waals surface area contributed by atoms with Crippen LogP contribution in [0.15, 0.2) is 29.4 Å². The lowest BCUT2D eigenvalue weighted by molar-refractivity contribution is 0.0954. The summed E-state index contributed by atoms with van der Waals surface area (Å²) in [5.74, 6) is -0.166. The summed E-state index contributed by atoms with van der Waals surface area (Å²) >= 11 is 0. The van der Waals surface area contributed by atoms with E-state index >= 15 is 0 Å². The Labute approximate surface area is 115 Å². The van der Waals surface area contributed by atoms with Crippen molar-refractivity contribution in [2.75, 3.05) is 20.6 Å². The van der Waals surface area contributed by atoms with Crippen LogP contribution in [0.5, 0.6) is 0 Å². The topological polar surface area (TPSA) is 44.7 Å². The lowest BCUT2D eigenvalue weighted by Crippen LogP contribution is -2.18. The number of nitrogens with zero attached hydrogens (tertiary/aromatic N) is 2. The normalized spacial score (nSPS) is 10.4. The molecule has 0 unspecified atom stereocenters. The van der Waals surface area contributed by atoms with Gasteiger partial charge < -0.3 is 4.90 Å². The molecule has 0 bridgehead atoms. The Kier molecular flexibility index (Phi) is 6.22. The first kappa shape index (κ1) is 15.4. The van der Waals surface area contributed by atoms with Crippen LogP contribution in [0.3, 0.4) is 0 Å². The summed E-state index contributed by atoms with van der Waals surface area (Å²) in [7, 11) is 4.15. The zero-order valence-corrected chi connectivity index (χ0v) is 12.2. The van der Waals surface area contributed by atoms with E-state index in [9.17, 15) is 4.79 Å². The minimum absolute atomic E-state index is 0.166. The standard InChI is InChI=1S/C15H23N3O/c1-12(2)16-17-15(19)14-9-7-13(8-10-14)6-5-11-18(3)4/h7-10H,5-6,11H2,1-4H3,(H,17,19). The third-order valence-corrected chi connectivity index (χ3v) is 2.67. The Balaban J connectivity index is 2.51. The third kappa shape index (κ3) is 6.15. The molecular weight excluding hydrogens is 238 g/mol. The van der Waals surface area contributed by atoms with Gasteiger partial charge in [-0.3, -0.25) is 4.79 Å². The van der Waals surface area contributed by atoms with Crippen molar-refractivity contribution >= 4 is 11.6 Å². The van der Waals surface area contributed by atoms with Crippen molar-refractivity contribution in [3.63, 3.8) is 0 Å². The molecule has 4 heteroatoms. The van der Waals surface area contributed by atoms with Gasteiger partial charge in [-0.1, -0.05) is 12.1 Å². The molecule has 1 rings (SSSR count). The summed E-state index contributed by atoms with van der Waals surface area (Å²) < 4.78 is 0. The molecule has 0 saturated carbocycles. The third-order valence-electron chi connectivity index (χ3n) is 2.67. The Morgan fingerprint density at radius 3 is 2.37 bits per heavy atom. The highest BCUT2D eigenvalue weighted by Crippen LogP contribution is 2.07. The number of aryl methyl sites for hydroxylation is 1. The zero-order chi connectivity index (χ0) is 14.3. The van der Waals surface area contributed by atoms with Crippen molar-refractivity contribution in [2.45, 2.75) is 26.7 Å². The number of carbonyl (C=O) groups excluding carboxylic acids is 1. The van der Waals surface area contributed by atoms with Gasteiger partial charge in [0.1, 0.15) is 0 Å². The molecule has 0 fully saturated rings. The fraction of sp³-hybridized carbons (Fsp3) is 0.467. The number of hydrogen-bond acceptors (Lipinski definition) is 3. The van der Waals surface area contributed by atoms with Crippen LogP contribution in [-0.2, 0) is 6.42 Å². The molecule has 0 spiro atoms. The first-order valence-corrected chi connectivity index (χ1v) is 6.54. The monoisotopic (exact) mass is 261 g/mol. The Hall–Kier alpha value is -1.68. The van der Waals surface area contributed by atoms with Crippen molar-refractivity contribution in [3.05, 3.63) is 35.4 Å². The summed E-state index contributed by atoms with van der Waals surface area (Å²) in [4.78, 5) is 13.9. The van der Waals surface area contributed by atoms with Crippen molar-refractivity contribution in [2.24, 2.45) is 5.10 Å². The maximum absolute atomic E-state index is 11.7. The summed E-state index contributed by atoms with van der Waals surface area (Å²) in [6, 6.07) is 7.71. The van der Waals surface area contributed by atoms with Gasteiger partial charge >= 0.3 is 0 Å². The van der Waals surface area contributed by atoms with Gasteiger partial charge in [0.2, 0.25) is 0 Å². The number of rotatable bonds is 6. The second-order valence-corrected chi connectivity index (χ2v) is 5.10. The zero-order valence-electron chi connectivity index (χ0n) is 12.2. The van der Waals surface area contributed by atoms with E-state index in [0.29, 0.717) is 5.56 Å². The molecule has 4 nitrogen and oxygen atoms in total. The van der Waals surface area contributed by atoms with E-state index in [0.717, 1.165) is 25.1 Å². The van der Waals surface area contributed by atoms with Crippen LogP contribution >= 0.6 is 0 Å². The van der Waals surface area contributed by atoms with Gasteiger partial charge in [0.05, 0.1) is 0 Å². The van der Waals surface area contributed by atoms with Crippen molar-refractivity contribution in [1.82, 2.24) is 10.3 Å². The number of nitrogens with one attached hydrogen (secondary N) is 1. The minimum Gasteiger partial charge on any atom is -0.309 e. The Morgan fingerprint density at radius 1 is 1.21 bits per heavy atom. The van der Waals surface area contributed by atoms with E-state index in [4.69, 9.17) is 0 Å². The number of hydrogen-bond donors (Lipinski definition) is 1. The molecule has 1 aromatic rings. The number of benzene rings is 1. The number of carbonyl (C=O) groups is 1. The SMILES string of the molecule is CC(C)=NNC(=O)c1ccc(CCCN(C)C)cc1. The van der Waals surface area contributed by atoms with E-state index in [1.54, 1.807) is 0 Å². The molecule has 0 aliphatic heterocycles. The van der Waals surface area contributed by atoms with Crippen LogP contribution in [0.25, 0.3) is 0 Å². The fourth-order valence-electron chi connectivity index (χ4n) is 1.65. The maximum Gasteiger partial charge on any atom is 0.271 e. The smallest absolute Gasteiger partial charge is 0.271 e. The van der Waals surface area contributed by atoms with Crippen molar-refractivity contribution < 1.29 is 4.79 Å². The van der Waals surface area contributed by atoms with Gasteiger partial charge in [0.15, 0.2) is 0 Å². The van der Waals surface area contributed by atoms with Crippen molar-refractivity contribution in [1.29, 1.82) is 0 Å². The van der Waals surface area contributed by atoms with Crippen LogP contribution in [-0.4, -0.2) is 37.2 Å². The number of hydrazone groups is 1. The van der Waals surface area contributed by atoms with Gasteiger partial charge in [-0.05, 0) is 65.0 Å². The fourth-order valence-corrected chi connectivity index (χ4v) is 1.65. The molecule has 0 atom stereocenters. The van der Waals surface area contributed by atoms with Gasteiger partial charge in [-0.15, -0.1) is 0 Å². The summed E-state index contributed by atoms with van der Waals surface area (Å²) in [6.45, 7) is 4.76. The lowest BCUT2D eigenvalue weighted by atomic mass is 10.1.